The topological polar surface area (TPSA) is 30.9 Å². The van der Waals surface area contributed by atoms with E-state index >= 15 is 0 Å². The van der Waals surface area contributed by atoms with Gasteiger partial charge in [-0.3, -0.25) is 0 Å². The second-order valence-corrected chi connectivity index (χ2v) is 4.53. The first-order valence-electron chi connectivity index (χ1n) is 4.14. The summed E-state index contributed by atoms with van der Waals surface area (Å²) in [6, 6.07) is 6.08. The number of aryl methyl sites for hydroxylation is 1. The molecule has 0 aliphatic heterocycles. The molecule has 72 valence electrons. The van der Waals surface area contributed by atoms with E-state index in [-0.39, 0.29) is 0 Å². The zero-order valence-electron chi connectivity index (χ0n) is 7.62. The summed E-state index contributed by atoms with van der Waals surface area (Å²) in [5.41, 5.74) is 7.71. The number of nitrogens with zero attached hydrogens (tertiary/aromatic N) is 1. The number of thiocarbonyl (C=S) groups is 1. The van der Waals surface area contributed by atoms with Crippen molar-refractivity contribution in [2.45, 2.75) is 0 Å². The molecular weight excluding hydrogens is 260 g/mol. The number of benzene rings is 1. The SMILES string of the molecule is Cn1cc(C(N)=S)c2cc(Br)ccc21. The zero-order chi connectivity index (χ0) is 10.3. The molecule has 0 spiro atoms. The first kappa shape index (κ1) is 9.68. The van der Waals surface area contributed by atoms with E-state index in [2.05, 4.69) is 15.9 Å². The molecule has 0 saturated carbocycles. The summed E-state index contributed by atoms with van der Waals surface area (Å²) in [6.07, 6.45) is 1.96. The number of halogens is 1. The van der Waals surface area contributed by atoms with Crippen molar-refractivity contribution >= 4 is 44.0 Å². The Hall–Kier alpha value is -0.870. The maximum Gasteiger partial charge on any atom is 0.106 e. The van der Waals surface area contributed by atoms with E-state index in [4.69, 9.17) is 18.0 Å². The van der Waals surface area contributed by atoms with E-state index in [1.54, 1.807) is 0 Å². The highest BCUT2D eigenvalue weighted by atomic mass is 79.9. The third-order valence-electron chi connectivity index (χ3n) is 2.22. The quantitative estimate of drug-likeness (QED) is 0.807. The summed E-state index contributed by atoms with van der Waals surface area (Å²) in [5, 5.41) is 1.09. The molecule has 4 heteroatoms. The van der Waals surface area contributed by atoms with Crippen LogP contribution in [0.25, 0.3) is 10.9 Å². The molecule has 1 aromatic carbocycles. The summed E-state index contributed by atoms with van der Waals surface area (Å²) in [7, 11) is 1.98. The van der Waals surface area contributed by atoms with Crippen LogP contribution in [0.1, 0.15) is 5.56 Å². The Bertz CT molecular complexity index is 516. The van der Waals surface area contributed by atoms with Gasteiger partial charge < -0.3 is 10.3 Å². The third-order valence-corrected chi connectivity index (χ3v) is 2.93. The molecule has 0 fully saturated rings. The largest absolute Gasteiger partial charge is 0.389 e. The monoisotopic (exact) mass is 268 g/mol. The lowest BCUT2D eigenvalue weighted by Gasteiger charge is -1.96. The van der Waals surface area contributed by atoms with Crippen LogP contribution in [0.5, 0.6) is 0 Å². The zero-order valence-corrected chi connectivity index (χ0v) is 10.0. The Kier molecular flexibility index (Phi) is 2.33. The molecule has 0 aliphatic carbocycles. The number of fused-ring (bicyclic) bond motifs is 1. The van der Waals surface area contributed by atoms with Crippen LogP contribution in [0.4, 0.5) is 0 Å². The van der Waals surface area contributed by atoms with Gasteiger partial charge in [-0.25, -0.2) is 0 Å². The van der Waals surface area contributed by atoms with Crippen LogP contribution < -0.4 is 5.73 Å². The van der Waals surface area contributed by atoms with Crippen LogP contribution in [0.15, 0.2) is 28.9 Å². The number of hydrogen-bond acceptors (Lipinski definition) is 1. The highest BCUT2D eigenvalue weighted by molar-refractivity contribution is 9.10. The van der Waals surface area contributed by atoms with Gasteiger partial charge in [0.1, 0.15) is 4.99 Å². The average molecular weight is 269 g/mol. The predicted octanol–water partition coefficient (Wildman–Crippen LogP) is 2.58. The normalized spacial score (nSPS) is 10.7. The maximum absolute atomic E-state index is 5.65. The smallest absolute Gasteiger partial charge is 0.106 e. The van der Waals surface area contributed by atoms with E-state index in [1.807, 2.05) is 36.0 Å². The van der Waals surface area contributed by atoms with Crippen molar-refractivity contribution in [1.82, 2.24) is 4.57 Å². The Balaban J connectivity index is 2.85. The molecule has 0 saturated heterocycles. The molecule has 0 atom stereocenters. The second-order valence-electron chi connectivity index (χ2n) is 3.18. The van der Waals surface area contributed by atoms with Gasteiger partial charge in [-0.15, -0.1) is 0 Å². The standard InChI is InChI=1S/C10H9BrN2S/c1-13-5-8(10(12)14)7-4-6(11)2-3-9(7)13/h2-5H,1H3,(H2,12,14). The van der Waals surface area contributed by atoms with E-state index < -0.39 is 0 Å². The summed E-state index contributed by atoms with van der Waals surface area (Å²) >= 11 is 8.43. The number of hydrogen-bond donors (Lipinski definition) is 1. The molecule has 1 aromatic heterocycles. The van der Waals surface area contributed by atoms with Gasteiger partial charge in [0, 0.05) is 34.2 Å². The molecule has 0 amide bonds. The lowest BCUT2D eigenvalue weighted by atomic mass is 10.2. The Morgan fingerprint density at radius 1 is 1.50 bits per heavy atom. The van der Waals surface area contributed by atoms with E-state index in [1.165, 1.54) is 0 Å². The van der Waals surface area contributed by atoms with Crippen molar-refractivity contribution in [1.29, 1.82) is 0 Å². The van der Waals surface area contributed by atoms with Gasteiger partial charge in [-0.05, 0) is 18.2 Å². The molecule has 2 rings (SSSR count). The highest BCUT2D eigenvalue weighted by Crippen LogP contribution is 2.24. The summed E-state index contributed by atoms with van der Waals surface area (Å²) in [6.45, 7) is 0. The molecule has 0 radical (unpaired) electrons. The van der Waals surface area contributed by atoms with Crippen molar-refractivity contribution in [3.05, 3.63) is 34.4 Å². The van der Waals surface area contributed by atoms with Gasteiger partial charge in [-0.1, -0.05) is 28.1 Å². The third kappa shape index (κ3) is 1.44. The van der Waals surface area contributed by atoms with Crippen LogP contribution in [-0.2, 0) is 7.05 Å². The Labute approximate surface area is 95.8 Å². The van der Waals surface area contributed by atoms with Crippen molar-refractivity contribution in [3.63, 3.8) is 0 Å². The van der Waals surface area contributed by atoms with Gasteiger partial charge >= 0.3 is 0 Å². The van der Waals surface area contributed by atoms with Crippen LogP contribution in [0, 0.1) is 0 Å². The van der Waals surface area contributed by atoms with Gasteiger partial charge in [0.15, 0.2) is 0 Å². The van der Waals surface area contributed by atoms with Crippen LogP contribution in [0.2, 0.25) is 0 Å². The van der Waals surface area contributed by atoms with Crippen LogP contribution in [0.3, 0.4) is 0 Å². The fraction of sp³-hybridized carbons (Fsp3) is 0.100. The van der Waals surface area contributed by atoms with Crippen LogP contribution >= 0.6 is 28.1 Å². The molecule has 2 aromatic rings. The predicted molar refractivity (Wildman–Crippen MR) is 66.5 cm³/mol. The number of rotatable bonds is 1. The molecule has 0 aliphatic rings. The van der Waals surface area contributed by atoms with Gasteiger partial charge in [-0.2, -0.15) is 0 Å². The van der Waals surface area contributed by atoms with E-state index in [9.17, 15) is 0 Å². The summed E-state index contributed by atoms with van der Waals surface area (Å²) < 4.78 is 3.06. The highest BCUT2D eigenvalue weighted by Gasteiger charge is 2.08. The molecule has 0 bridgehead atoms. The first-order chi connectivity index (χ1) is 6.59. The second kappa shape index (κ2) is 3.37. The number of nitrogens with two attached hydrogens (primary N) is 1. The minimum absolute atomic E-state index is 0.439. The molecule has 0 unspecified atom stereocenters. The molecule has 1 heterocycles. The lowest BCUT2D eigenvalue weighted by molar-refractivity contribution is 0.968. The van der Waals surface area contributed by atoms with Crippen LogP contribution in [-0.4, -0.2) is 9.56 Å². The molecule has 2 nitrogen and oxygen atoms in total. The fourth-order valence-electron chi connectivity index (χ4n) is 1.56. The Morgan fingerprint density at radius 3 is 2.86 bits per heavy atom. The fourth-order valence-corrected chi connectivity index (χ4v) is 2.08. The lowest BCUT2D eigenvalue weighted by Crippen LogP contribution is -2.08. The summed E-state index contributed by atoms with van der Waals surface area (Å²) in [5.74, 6) is 0. The average Bonchev–Trinajstić information content (AvgIpc) is 2.43. The Morgan fingerprint density at radius 2 is 2.21 bits per heavy atom. The van der Waals surface area contributed by atoms with Gasteiger partial charge in [0.05, 0.1) is 0 Å². The molecular formula is C10H9BrN2S. The first-order valence-corrected chi connectivity index (χ1v) is 5.34. The van der Waals surface area contributed by atoms with Crippen molar-refractivity contribution in [3.8, 4) is 0 Å². The minimum atomic E-state index is 0.439. The van der Waals surface area contributed by atoms with Gasteiger partial charge in [0.25, 0.3) is 0 Å². The molecule has 2 N–H and O–H groups in total. The minimum Gasteiger partial charge on any atom is -0.389 e. The summed E-state index contributed by atoms with van der Waals surface area (Å²) in [4.78, 5) is 0.439. The van der Waals surface area contributed by atoms with E-state index in [0.29, 0.717) is 4.99 Å². The van der Waals surface area contributed by atoms with Crippen molar-refractivity contribution < 1.29 is 0 Å². The molecule has 14 heavy (non-hydrogen) atoms. The van der Waals surface area contributed by atoms with Crippen molar-refractivity contribution in [2.24, 2.45) is 12.8 Å². The van der Waals surface area contributed by atoms with E-state index in [0.717, 1.165) is 20.9 Å². The maximum atomic E-state index is 5.65. The van der Waals surface area contributed by atoms with Gasteiger partial charge in [0.2, 0.25) is 0 Å². The van der Waals surface area contributed by atoms with Crippen molar-refractivity contribution in [2.75, 3.05) is 0 Å². The number of aromatic nitrogens is 1.